The molecule has 0 spiro atoms. The summed E-state index contributed by atoms with van der Waals surface area (Å²) in [7, 11) is 1.63. The fourth-order valence-electron chi connectivity index (χ4n) is 1.38. The first-order valence-electron chi connectivity index (χ1n) is 5.43. The van der Waals surface area contributed by atoms with Gasteiger partial charge in [-0.1, -0.05) is 6.92 Å². The van der Waals surface area contributed by atoms with Gasteiger partial charge in [0.15, 0.2) is 0 Å². The average Bonchev–Trinajstić information content (AvgIpc) is 2.17. The SMILES string of the molecule is CCNC(CNC[C@@H](O)CC(=O)O)COC. The normalized spacial score (nSPS) is 14.7. The minimum atomic E-state index is -0.991. The van der Waals surface area contributed by atoms with E-state index >= 15 is 0 Å². The highest BCUT2D eigenvalue weighted by Gasteiger charge is 2.10. The Kier molecular flexibility index (Phi) is 9.12. The van der Waals surface area contributed by atoms with Crippen molar-refractivity contribution in [1.82, 2.24) is 10.6 Å². The molecule has 4 N–H and O–H groups in total. The Hall–Kier alpha value is -0.690. The average molecular weight is 234 g/mol. The van der Waals surface area contributed by atoms with Crippen molar-refractivity contribution in [2.45, 2.75) is 25.5 Å². The monoisotopic (exact) mass is 234 g/mol. The number of nitrogens with one attached hydrogen (secondary N) is 2. The first-order valence-corrected chi connectivity index (χ1v) is 5.43. The molecule has 0 aliphatic carbocycles. The maximum absolute atomic E-state index is 10.3. The zero-order valence-corrected chi connectivity index (χ0v) is 9.90. The lowest BCUT2D eigenvalue weighted by molar-refractivity contribution is -0.139. The van der Waals surface area contributed by atoms with Crippen molar-refractivity contribution < 1.29 is 19.7 Å². The van der Waals surface area contributed by atoms with Crippen LogP contribution in [0.1, 0.15) is 13.3 Å². The number of aliphatic hydroxyl groups is 1. The Morgan fingerprint density at radius 1 is 1.44 bits per heavy atom. The van der Waals surface area contributed by atoms with Gasteiger partial charge in [0.1, 0.15) is 0 Å². The number of rotatable bonds is 10. The van der Waals surface area contributed by atoms with Crippen LogP contribution in [0.2, 0.25) is 0 Å². The summed E-state index contributed by atoms with van der Waals surface area (Å²) in [6, 6.07) is 0.173. The molecule has 0 rings (SSSR count). The molecule has 0 heterocycles. The van der Waals surface area contributed by atoms with E-state index < -0.39 is 12.1 Å². The minimum Gasteiger partial charge on any atom is -0.481 e. The van der Waals surface area contributed by atoms with Gasteiger partial charge in [0.25, 0.3) is 0 Å². The molecule has 0 saturated carbocycles. The molecule has 0 bridgehead atoms. The van der Waals surface area contributed by atoms with Crippen LogP contribution in [-0.2, 0) is 9.53 Å². The molecule has 0 saturated heterocycles. The largest absolute Gasteiger partial charge is 0.481 e. The molecule has 6 heteroatoms. The molecule has 96 valence electrons. The minimum absolute atomic E-state index is 0.173. The van der Waals surface area contributed by atoms with E-state index in [1.54, 1.807) is 7.11 Å². The van der Waals surface area contributed by atoms with E-state index in [4.69, 9.17) is 9.84 Å². The van der Waals surface area contributed by atoms with Crippen LogP contribution in [0.5, 0.6) is 0 Å². The molecule has 0 radical (unpaired) electrons. The number of likely N-dealkylation sites (N-methyl/N-ethyl adjacent to an activating group) is 1. The van der Waals surface area contributed by atoms with Crippen LogP contribution in [0.4, 0.5) is 0 Å². The molecule has 0 amide bonds. The zero-order valence-electron chi connectivity index (χ0n) is 9.90. The number of methoxy groups -OCH3 is 1. The lowest BCUT2D eigenvalue weighted by Crippen LogP contribution is -2.43. The van der Waals surface area contributed by atoms with E-state index in [1.165, 1.54) is 0 Å². The summed E-state index contributed by atoms with van der Waals surface area (Å²) in [5, 5.41) is 24.0. The van der Waals surface area contributed by atoms with Gasteiger partial charge in [-0.2, -0.15) is 0 Å². The van der Waals surface area contributed by atoms with Gasteiger partial charge in [0.05, 0.1) is 19.1 Å². The van der Waals surface area contributed by atoms with Gasteiger partial charge in [-0.05, 0) is 6.54 Å². The zero-order chi connectivity index (χ0) is 12.4. The van der Waals surface area contributed by atoms with E-state index in [-0.39, 0.29) is 19.0 Å². The van der Waals surface area contributed by atoms with Crippen molar-refractivity contribution in [1.29, 1.82) is 0 Å². The van der Waals surface area contributed by atoms with Crippen LogP contribution in [0.25, 0.3) is 0 Å². The molecule has 2 atom stereocenters. The topological polar surface area (TPSA) is 90.8 Å². The fourth-order valence-corrected chi connectivity index (χ4v) is 1.38. The third kappa shape index (κ3) is 8.60. The van der Waals surface area contributed by atoms with Crippen molar-refractivity contribution in [2.75, 3.05) is 33.4 Å². The fraction of sp³-hybridized carbons (Fsp3) is 0.900. The summed E-state index contributed by atoms with van der Waals surface area (Å²) in [5.41, 5.74) is 0. The first kappa shape index (κ1) is 15.3. The van der Waals surface area contributed by atoms with Gasteiger partial charge in [-0.3, -0.25) is 4.79 Å². The predicted octanol–water partition coefficient (Wildman–Crippen LogP) is -0.964. The summed E-state index contributed by atoms with van der Waals surface area (Å²) in [6.07, 6.45) is -1.08. The van der Waals surface area contributed by atoms with Gasteiger partial charge in [-0.25, -0.2) is 0 Å². The molecule has 0 fully saturated rings. The van der Waals surface area contributed by atoms with Crippen LogP contribution < -0.4 is 10.6 Å². The summed E-state index contributed by atoms with van der Waals surface area (Å²) >= 11 is 0. The number of hydrogen-bond acceptors (Lipinski definition) is 5. The molecule has 0 aromatic heterocycles. The summed E-state index contributed by atoms with van der Waals surface area (Å²) in [5.74, 6) is -0.991. The predicted molar refractivity (Wildman–Crippen MR) is 60.5 cm³/mol. The van der Waals surface area contributed by atoms with Crippen LogP contribution in [0, 0.1) is 0 Å². The van der Waals surface area contributed by atoms with Gasteiger partial charge in [0.2, 0.25) is 0 Å². The van der Waals surface area contributed by atoms with Crippen molar-refractivity contribution in [3.05, 3.63) is 0 Å². The third-order valence-electron chi connectivity index (χ3n) is 2.04. The number of ether oxygens (including phenoxy) is 1. The van der Waals surface area contributed by atoms with Crippen LogP contribution >= 0.6 is 0 Å². The number of aliphatic hydroxyl groups excluding tert-OH is 1. The molecule has 0 aliphatic rings. The third-order valence-corrected chi connectivity index (χ3v) is 2.04. The molecule has 16 heavy (non-hydrogen) atoms. The number of hydrogen-bond donors (Lipinski definition) is 4. The van der Waals surface area contributed by atoms with Crippen molar-refractivity contribution in [2.24, 2.45) is 0 Å². The Balaban J connectivity index is 3.63. The van der Waals surface area contributed by atoms with Crippen molar-refractivity contribution in [3.8, 4) is 0 Å². The lowest BCUT2D eigenvalue weighted by Gasteiger charge is -2.18. The molecule has 1 unspecified atom stereocenters. The van der Waals surface area contributed by atoms with Crippen LogP contribution in [-0.4, -0.2) is 61.7 Å². The lowest BCUT2D eigenvalue weighted by atomic mass is 10.2. The molecular formula is C10H22N2O4. The van der Waals surface area contributed by atoms with Gasteiger partial charge < -0.3 is 25.6 Å². The number of carboxylic acid groups (broad SMARTS) is 1. The van der Waals surface area contributed by atoms with E-state index in [0.717, 1.165) is 6.54 Å². The summed E-state index contributed by atoms with van der Waals surface area (Å²) < 4.78 is 5.02. The summed E-state index contributed by atoms with van der Waals surface area (Å²) in [6.45, 7) is 4.33. The highest BCUT2D eigenvalue weighted by molar-refractivity contribution is 5.67. The molecule has 0 aromatic rings. The second kappa shape index (κ2) is 9.53. The molecular weight excluding hydrogens is 212 g/mol. The second-order valence-electron chi connectivity index (χ2n) is 3.62. The molecule has 0 aliphatic heterocycles. The van der Waals surface area contributed by atoms with E-state index in [1.807, 2.05) is 6.92 Å². The van der Waals surface area contributed by atoms with Gasteiger partial charge in [-0.15, -0.1) is 0 Å². The maximum Gasteiger partial charge on any atom is 0.306 e. The van der Waals surface area contributed by atoms with Crippen molar-refractivity contribution >= 4 is 5.97 Å². The Morgan fingerprint density at radius 3 is 2.62 bits per heavy atom. The number of carboxylic acids is 1. The Morgan fingerprint density at radius 2 is 2.12 bits per heavy atom. The highest BCUT2D eigenvalue weighted by Crippen LogP contribution is 1.90. The Labute approximate surface area is 96.0 Å². The van der Waals surface area contributed by atoms with E-state index in [0.29, 0.717) is 13.2 Å². The standard InChI is InChI=1S/C10H22N2O4/c1-3-12-8(7-16-2)5-11-6-9(13)4-10(14)15/h8-9,11-13H,3-7H2,1-2H3,(H,14,15)/t8?,9-/m0/s1. The molecule has 6 nitrogen and oxygen atoms in total. The van der Waals surface area contributed by atoms with Gasteiger partial charge >= 0.3 is 5.97 Å². The smallest absolute Gasteiger partial charge is 0.306 e. The Bertz CT molecular complexity index is 184. The molecule has 0 aromatic carbocycles. The number of carbonyl (C=O) groups is 1. The summed E-state index contributed by atoms with van der Waals surface area (Å²) in [4.78, 5) is 10.3. The van der Waals surface area contributed by atoms with Crippen LogP contribution in [0.3, 0.4) is 0 Å². The highest BCUT2D eigenvalue weighted by atomic mass is 16.5. The van der Waals surface area contributed by atoms with E-state index in [2.05, 4.69) is 10.6 Å². The maximum atomic E-state index is 10.3. The van der Waals surface area contributed by atoms with Crippen molar-refractivity contribution in [3.63, 3.8) is 0 Å². The second-order valence-corrected chi connectivity index (χ2v) is 3.62. The quantitative estimate of drug-likeness (QED) is 0.389. The number of aliphatic carboxylic acids is 1. The van der Waals surface area contributed by atoms with Crippen LogP contribution in [0.15, 0.2) is 0 Å². The van der Waals surface area contributed by atoms with E-state index in [9.17, 15) is 9.90 Å². The van der Waals surface area contributed by atoms with Gasteiger partial charge in [0, 0.05) is 26.2 Å². The first-order chi connectivity index (χ1) is 7.60.